The van der Waals surface area contributed by atoms with Crippen molar-refractivity contribution in [1.82, 2.24) is 15.0 Å². The van der Waals surface area contributed by atoms with Crippen LogP contribution in [-0.4, -0.2) is 26.0 Å². The number of para-hydroxylation sites is 1. The van der Waals surface area contributed by atoms with Crippen LogP contribution in [0.2, 0.25) is 0 Å². The molecule has 4 N–H and O–H groups in total. The third-order valence-corrected chi connectivity index (χ3v) is 4.63. The Morgan fingerprint density at radius 2 is 2.04 bits per heavy atom. The average molecular weight is 323 g/mol. The summed E-state index contributed by atoms with van der Waals surface area (Å²) in [6.07, 6.45) is 0.646. The molecule has 4 aromatic rings. The van der Waals surface area contributed by atoms with Crippen molar-refractivity contribution < 1.29 is 5.21 Å². The lowest BCUT2D eigenvalue weighted by atomic mass is 10.2. The number of fused-ring (bicyclic) bond motifs is 2. The van der Waals surface area contributed by atoms with Crippen LogP contribution in [0.3, 0.4) is 0 Å². The van der Waals surface area contributed by atoms with E-state index in [9.17, 15) is 0 Å². The molecular formula is C16H13N5OS. The Morgan fingerprint density at radius 1 is 1.17 bits per heavy atom. The maximum Gasteiger partial charge on any atom is 0.170 e. The minimum atomic E-state index is 0.0780. The summed E-state index contributed by atoms with van der Waals surface area (Å²) in [5, 5.41) is 12.8. The molecule has 23 heavy (non-hydrogen) atoms. The summed E-state index contributed by atoms with van der Waals surface area (Å²) in [5.74, 6) is 0.921. The van der Waals surface area contributed by atoms with Gasteiger partial charge in [-0.2, -0.15) is 0 Å². The summed E-state index contributed by atoms with van der Waals surface area (Å²) < 4.78 is 1.17. The van der Waals surface area contributed by atoms with Crippen molar-refractivity contribution in [2.24, 2.45) is 10.9 Å². The lowest BCUT2D eigenvalue weighted by molar-refractivity contribution is 0.318. The highest BCUT2D eigenvalue weighted by molar-refractivity contribution is 7.18. The van der Waals surface area contributed by atoms with Gasteiger partial charge < -0.3 is 15.9 Å². The molecule has 0 atom stereocenters. The molecule has 0 aliphatic heterocycles. The molecule has 0 spiro atoms. The summed E-state index contributed by atoms with van der Waals surface area (Å²) in [5.41, 5.74) is 8.97. The van der Waals surface area contributed by atoms with Gasteiger partial charge in [-0.25, -0.2) is 9.97 Å². The lowest BCUT2D eigenvalue weighted by Crippen LogP contribution is -2.12. The number of aromatic nitrogens is 3. The Balaban J connectivity index is 1.68. The first-order valence-electron chi connectivity index (χ1n) is 7.04. The fourth-order valence-electron chi connectivity index (χ4n) is 2.50. The van der Waals surface area contributed by atoms with E-state index < -0.39 is 0 Å². The zero-order valence-electron chi connectivity index (χ0n) is 12.0. The number of nitrogens with two attached hydrogens (primary N) is 1. The smallest absolute Gasteiger partial charge is 0.170 e. The zero-order chi connectivity index (χ0) is 15.8. The summed E-state index contributed by atoms with van der Waals surface area (Å²) >= 11 is 1.67. The van der Waals surface area contributed by atoms with Gasteiger partial charge in [-0.3, -0.25) is 0 Å². The Bertz CT molecular complexity index is 1000. The number of rotatable bonds is 3. The number of thiazole rings is 1. The van der Waals surface area contributed by atoms with Gasteiger partial charge in [0, 0.05) is 5.56 Å². The lowest BCUT2D eigenvalue weighted by Gasteiger charge is -1.96. The fourth-order valence-corrected chi connectivity index (χ4v) is 3.47. The number of amidine groups is 1. The molecule has 6 nitrogen and oxygen atoms in total. The molecule has 0 saturated carbocycles. The van der Waals surface area contributed by atoms with Crippen LogP contribution in [0.15, 0.2) is 47.6 Å². The van der Waals surface area contributed by atoms with Gasteiger partial charge in [0.05, 0.1) is 27.7 Å². The molecule has 0 unspecified atom stereocenters. The largest absolute Gasteiger partial charge is 0.409 e. The molecule has 2 aromatic carbocycles. The van der Waals surface area contributed by atoms with Gasteiger partial charge in [0.15, 0.2) is 5.84 Å². The number of H-pyrrole nitrogens is 1. The van der Waals surface area contributed by atoms with E-state index in [4.69, 9.17) is 10.9 Å². The van der Waals surface area contributed by atoms with E-state index in [-0.39, 0.29) is 5.84 Å². The summed E-state index contributed by atoms with van der Waals surface area (Å²) in [7, 11) is 0. The van der Waals surface area contributed by atoms with E-state index in [0.29, 0.717) is 12.0 Å². The molecule has 0 aliphatic carbocycles. The third-order valence-electron chi connectivity index (χ3n) is 3.59. The molecular weight excluding hydrogens is 310 g/mol. The van der Waals surface area contributed by atoms with Crippen LogP contribution in [-0.2, 0) is 6.42 Å². The molecule has 0 amide bonds. The zero-order valence-corrected chi connectivity index (χ0v) is 12.8. The van der Waals surface area contributed by atoms with Crippen molar-refractivity contribution in [2.75, 3.05) is 0 Å². The van der Waals surface area contributed by atoms with Gasteiger partial charge in [-0.15, -0.1) is 11.3 Å². The van der Waals surface area contributed by atoms with E-state index in [1.54, 1.807) is 17.4 Å². The number of hydrogen-bond acceptors (Lipinski definition) is 5. The molecule has 0 radical (unpaired) electrons. The van der Waals surface area contributed by atoms with Crippen molar-refractivity contribution in [1.29, 1.82) is 0 Å². The molecule has 0 fully saturated rings. The Hall–Kier alpha value is -2.93. The minimum Gasteiger partial charge on any atom is -0.409 e. The van der Waals surface area contributed by atoms with Gasteiger partial charge in [0.2, 0.25) is 0 Å². The number of nitrogens with one attached hydrogen (secondary N) is 1. The first-order chi connectivity index (χ1) is 11.2. The van der Waals surface area contributed by atoms with Crippen molar-refractivity contribution in [2.45, 2.75) is 6.42 Å². The van der Waals surface area contributed by atoms with Crippen molar-refractivity contribution >= 4 is 38.4 Å². The number of aromatic amines is 1. The van der Waals surface area contributed by atoms with Gasteiger partial charge in [-0.1, -0.05) is 17.3 Å². The topological polar surface area (TPSA) is 100 Å². The molecule has 7 heteroatoms. The fraction of sp³-hybridized carbons (Fsp3) is 0.0625. The summed E-state index contributed by atoms with van der Waals surface area (Å²) in [6.45, 7) is 0. The van der Waals surface area contributed by atoms with Crippen molar-refractivity contribution in [3.63, 3.8) is 0 Å². The number of nitrogens with zero attached hydrogens (tertiary/aromatic N) is 3. The molecule has 2 heterocycles. The monoisotopic (exact) mass is 323 g/mol. The van der Waals surface area contributed by atoms with Crippen LogP contribution in [0, 0.1) is 0 Å². The van der Waals surface area contributed by atoms with Gasteiger partial charge in [0.25, 0.3) is 0 Å². The first kappa shape index (κ1) is 13.7. The molecule has 114 valence electrons. The SMILES string of the molecule is NC(=NO)c1ccc2nc(Cc3nc4ccccc4s3)[nH]c2c1. The molecule has 0 bridgehead atoms. The molecule has 2 aromatic heterocycles. The van der Waals surface area contributed by atoms with E-state index in [2.05, 4.69) is 26.2 Å². The molecule has 4 rings (SSSR count). The van der Waals surface area contributed by atoms with Crippen LogP contribution < -0.4 is 5.73 Å². The number of oxime groups is 1. The Labute approximate surface area is 135 Å². The second kappa shape index (κ2) is 5.36. The molecule has 0 aliphatic rings. The maximum absolute atomic E-state index is 8.76. The van der Waals surface area contributed by atoms with E-state index in [1.165, 1.54) is 4.70 Å². The van der Waals surface area contributed by atoms with Crippen LogP contribution in [0.25, 0.3) is 21.3 Å². The van der Waals surface area contributed by atoms with E-state index in [1.807, 2.05) is 30.3 Å². The third kappa shape index (κ3) is 2.51. The number of imidazole rings is 1. The van der Waals surface area contributed by atoms with Crippen LogP contribution >= 0.6 is 11.3 Å². The second-order valence-electron chi connectivity index (χ2n) is 5.15. The van der Waals surface area contributed by atoms with Gasteiger partial charge in [0.1, 0.15) is 10.8 Å². The predicted octanol–water partition coefficient (Wildman–Crippen LogP) is 2.86. The number of hydrogen-bond donors (Lipinski definition) is 3. The quantitative estimate of drug-likeness (QED) is 0.233. The van der Waals surface area contributed by atoms with Gasteiger partial charge >= 0.3 is 0 Å². The highest BCUT2D eigenvalue weighted by atomic mass is 32.1. The van der Waals surface area contributed by atoms with Crippen LogP contribution in [0.5, 0.6) is 0 Å². The first-order valence-corrected chi connectivity index (χ1v) is 7.85. The maximum atomic E-state index is 8.76. The molecule has 0 saturated heterocycles. The van der Waals surface area contributed by atoms with Gasteiger partial charge in [-0.05, 0) is 30.3 Å². The highest BCUT2D eigenvalue weighted by Crippen LogP contribution is 2.24. The average Bonchev–Trinajstić information content (AvgIpc) is 3.15. The Morgan fingerprint density at radius 3 is 2.87 bits per heavy atom. The highest BCUT2D eigenvalue weighted by Gasteiger charge is 2.09. The Kier molecular flexibility index (Phi) is 3.20. The predicted molar refractivity (Wildman–Crippen MR) is 91.0 cm³/mol. The second-order valence-corrected chi connectivity index (χ2v) is 6.27. The van der Waals surface area contributed by atoms with Crippen molar-refractivity contribution in [3.8, 4) is 0 Å². The van der Waals surface area contributed by atoms with Crippen LogP contribution in [0.1, 0.15) is 16.4 Å². The number of benzene rings is 2. The summed E-state index contributed by atoms with van der Waals surface area (Å²) in [4.78, 5) is 12.5. The van der Waals surface area contributed by atoms with Crippen molar-refractivity contribution in [3.05, 3.63) is 58.9 Å². The minimum absolute atomic E-state index is 0.0780. The summed E-state index contributed by atoms with van der Waals surface area (Å²) in [6, 6.07) is 13.5. The van der Waals surface area contributed by atoms with Crippen LogP contribution in [0.4, 0.5) is 0 Å². The standard InChI is InChI=1S/C16H13N5OS/c17-16(21-22)9-5-6-10-12(7-9)19-14(18-10)8-15-20-11-3-1-2-4-13(11)23-15/h1-7,22H,8H2,(H2,17,21)(H,18,19). The van der Waals surface area contributed by atoms with E-state index in [0.717, 1.165) is 27.4 Å². The normalized spacial score (nSPS) is 12.3. The van der Waals surface area contributed by atoms with E-state index >= 15 is 0 Å².